The van der Waals surface area contributed by atoms with Crippen LogP contribution in [0.3, 0.4) is 0 Å². The summed E-state index contributed by atoms with van der Waals surface area (Å²) in [7, 11) is -3.33. The maximum absolute atomic E-state index is 11.5. The Morgan fingerprint density at radius 3 is 2.68 bits per heavy atom. The lowest BCUT2D eigenvalue weighted by Crippen LogP contribution is -2.10. The Morgan fingerprint density at radius 1 is 1.32 bits per heavy atom. The molecular formula is C12H15N3O3S. The van der Waals surface area contributed by atoms with Crippen LogP contribution in [0.15, 0.2) is 35.9 Å². The van der Waals surface area contributed by atoms with E-state index in [1.807, 2.05) is 13.0 Å². The molecule has 6 nitrogen and oxygen atoms in total. The first-order chi connectivity index (χ1) is 9.00. The minimum Gasteiger partial charge on any atom is -0.492 e. The fourth-order valence-corrected chi connectivity index (χ4v) is 2.48. The number of nitrogens with zero attached hydrogens (tertiary/aromatic N) is 3. The van der Waals surface area contributed by atoms with Crippen LogP contribution in [0.5, 0.6) is 5.75 Å². The minimum atomic E-state index is -3.33. The van der Waals surface area contributed by atoms with E-state index < -0.39 is 9.84 Å². The van der Waals surface area contributed by atoms with Gasteiger partial charge in [-0.15, -0.1) is 0 Å². The van der Waals surface area contributed by atoms with Gasteiger partial charge in [0, 0.05) is 18.6 Å². The van der Waals surface area contributed by atoms with Gasteiger partial charge in [-0.2, -0.15) is 0 Å². The number of hydrogen-bond acceptors (Lipinski definition) is 5. The van der Waals surface area contributed by atoms with Crippen molar-refractivity contribution in [1.29, 1.82) is 0 Å². The Balaban J connectivity index is 2.20. The van der Waals surface area contributed by atoms with Crippen molar-refractivity contribution in [3.8, 4) is 5.75 Å². The predicted molar refractivity (Wildman–Crippen MR) is 69.8 cm³/mol. The summed E-state index contributed by atoms with van der Waals surface area (Å²) < 4.78 is 29.9. The first-order valence-corrected chi connectivity index (χ1v) is 7.68. The van der Waals surface area contributed by atoms with Gasteiger partial charge in [0.1, 0.15) is 5.75 Å². The fourth-order valence-electron chi connectivity index (χ4n) is 1.68. The molecule has 0 unspecified atom stereocenters. The molecule has 102 valence electrons. The van der Waals surface area contributed by atoms with Crippen LogP contribution in [-0.4, -0.2) is 35.8 Å². The molecule has 0 aliphatic carbocycles. The Labute approximate surface area is 112 Å². The van der Waals surface area contributed by atoms with Gasteiger partial charge >= 0.3 is 0 Å². The SMILES string of the molecule is CCOc1ccc(Cn2ccnc2S(C)(=O)=O)nc1. The highest BCUT2D eigenvalue weighted by Gasteiger charge is 2.14. The molecule has 2 aromatic rings. The molecule has 19 heavy (non-hydrogen) atoms. The van der Waals surface area contributed by atoms with Crippen molar-refractivity contribution < 1.29 is 13.2 Å². The Hall–Kier alpha value is -1.89. The van der Waals surface area contributed by atoms with E-state index >= 15 is 0 Å². The molecule has 0 atom stereocenters. The molecule has 0 aliphatic heterocycles. The van der Waals surface area contributed by atoms with Crippen molar-refractivity contribution in [1.82, 2.24) is 14.5 Å². The highest BCUT2D eigenvalue weighted by Crippen LogP contribution is 2.12. The Kier molecular flexibility index (Phi) is 3.84. The molecule has 0 radical (unpaired) electrons. The standard InChI is InChI=1S/C12H15N3O3S/c1-3-18-11-5-4-10(14-8-11)9-15-7-6-13-12(15)19(2,16)17/h4-8H,3,9H2,1-2H3. The van der Waals surface area contributed by atoms with Gasteiger partial charge in [0.05, 0.1) is 25.0 Å². The quantitative estimate of drug-likeness (QED) is 0.821. The maximum Gasteiger partial charge on any atom is 0.227 e. The third kappa shape index (κ3) is 3.31. The second kappa shape index (κ2) is 5.40. The van der Waals surface area contributed by atoms with E-state index in [9.17, 15) is 8.42 Å². The van der Waals surface area contributed by atoms with Crippen LogP contribution in [0, 0.1) is 0 Å². The van der Waals surface area contributed by atoms with E-state index in [0.29, 0.717) is 18.9 Å². The Bertz CT molecular complexity index is 647. The van der Waals surface area contributed by atoms with E-state index in [2.05, 4.69) is 9.97 Å². The third-order valence-corrected chi connectivity index (χ3v) is 3.45. The molecule has 0 saturated heterocycles. The Morgan fingerprint density at radius 2 is 2.11 bits per heavy atom. The molecule has 0 bridgehead atoms. The van der Waals surface area contributed by atoms with Crippen molar-refractivity contribution in [2.24, 2.45) is 0 Å². The monoisotopic (exact) mass is 281 g/mol. The number of pyridine rings is 1. The zero-order valence-electron chi connectivity index (χ0n) is 10.8. The number of ether oxygens (including phenoxy) is 1. The predicted octanol–water partition coefficient (Wildman–Crippen LogP) is 1.13. The molecule has 0 aromatic carbocycles. The normalized spacial score (nSPS) is 11.5. The number of sulfone groups is 1. The van der Waals surface area contributed by atoms with Crippen LogP contribution in [0.25, 0.3) is 0 Å². The third-order valence-electron chi connectivity index (χ3n) is 2.45. The van der Waals surface area contributed by atoms with E-state index in [1.165, 1.54) is 6.20 Å². The highest BCUT2D eigenvalue weighted by atomic mass is 32.2. The van der Waals surface area contributed by atoms with Crippen molar-refractivity contribution in [2.75, 3.05) is 12.9 Å². The minimum absolute atomic E-state index is 0.0446. The molecule has 7 heteroatoms. The number of imidazole rings is 1. The second-order valence-corrected chi connectivity index (χ2v) is 5.94. The van der Waals surface area contributed by atoms with E-state index in [0.717, 1.165) is 11.9 Å². The van der Waals surface area contributed by atoms with E-state index in [1.54, 1.807) is 23.0 Å². The average molecular weight is 281 g/mol. The molecule has 0 fully saturated rings. The zero-order valence-corrected chi connectivity index (χ0v) is 11.6. The number of rotatable bonds is 5. The van der Waals surface area contributed by atoms with Gasteiger partial charge in [-0.1, -0.05) is 0 Å². The topological polar surface area (TPSA) is 74.1 Å². The van der Waals surface area contributed by atoms with Crippen molar-refractivity contribution in [3.63, 3.8) is 0 Å². The summed E-state index contributed by atoms with van der Waals surface area (Å²) in [6.45, 7) is 2.84. The maximum atomic E-state index is 11.5. The van der Waals surface area contributed by atoms with Gasteiger partial charge in [0.25, 0.3) is 0 Å². The van der Waals surface area contributed by atoms with E-state index in [-0.39, 0.29) is 5.16 Å². The van der Waals surface area contributed by atoms with Crippen molar-refractivity contribution in [3.05, 3.63) is 36.4 Å². The van der Waals surface area contributed by atoms with Gasteiger partial charge in [-0.05, 0) is 19.1 Å². The molecule has 0 saturated carbocycles. The van der Waals surface area contributed by atoms with E-state index in [4.69, 9.17) is 4.74 Å². The largest absolute Gasteiger partial charge is 0.492 e. The lowest BCUT2D eigenvalue weighted by Gasteiger charge is -2.07. The molecule has 2 aromatic heterocycles. The van der Waals surface area contributed by atoms with Gasteiger partial charge in [-0.25, -0.2) is 13.4 Å². The van der Waals surface area contributed by atoms with Crippen molar-refractivity contribution in [2.45, 2.75) is 18.6 Å². The molecule has 0 aliphatic rings. The first-order valence-electron chi connectivity index (χ1n) is 5.79. The molecular weight excluding hydrogens is 266 g/mol. The zero-order chi connectivity index (χ0) is 13.9. The summed E-state index contributed by atoms with van der Waals surface area (Å²) in [6, 6.07) is 3.61. The fraction of sp³-hybridized carbons (Fsp3) is 0.333. The van der Waals surface area contributed by atoms with Crippen LogP contribution in [0.4, 0.5) is 0 Å². The summed E-state index contributed by atoms with van der Waals surface area (Å²) in [5.41, 5.74) is 0.742. The van der Waals surface area contributed by atoms with Crippen LogP contribution in [-0.2, 0) is 16.4 Å². The molecule has 2 heterocycles. The van der Waals surface area contributed by atoms with Gasteiger partial charge in [-0.3, -0.25) is 4.98 Å². The van der Waals surface area contributed by atoms with Crippen LogP contribution >= 0.6 is 0 Å². The summed E-state index contributed by atoms with van der Waals surface area (Å²) >= 11 is 0. The summed E-state index contributed by atoms with van der Waals surface area (Å²) in [5.74, 6) is 0.695. The molecule has 0 N–H and O–H groups in total. The second-order valence-electron chi connectivity index (χ2n) is 4.03. The summed E-state index contributed by atoms with van der Waals surface area (Å²) in [5, 5.41) is 0.0446. The molecule has 2 rings (SSSR count). The summed E-state index contributed by atoms with van der Waals surface area (Å²) in [6.07, 6.45) is 5.84. The lowest BCUT2D eigenvalue weighted by molar-refractivity contribution is 0.338. The number of hydrogen-bond donors (Lipinski definition) is 0. The van der Waals surface area contributed by atoms with Crippen molar-refractivity contribution >= 4 is 9.84 Å². The average Bonchev–Trinajstić information content (AvgIpc) is 2.80. The van der Waals surface area contributed by atoms with Crippen LogP contribution in [0.2, 0.25) is 0 Å². The molecule has 0 spiro atoms. The smallest absolute Gasteiger partial charge is 0.227 e. The highest BCUT2D eigenvalue weighted by molar-refractivity contribution is 7.90. The molecule has 0 amide bonds. The summed E-state index contributed by atoms with van der Waals surface area (Å²) in [4.78, 5) is 8.08. The van der Waals surface area contributed by atoms with Crippen LogP contribution in [0.1, 0.15) is 12.6 Å². The van der Waals surface area contributed by atoms with Gasteiger partial charge < -0.3 is 9.30 Å². The first kappa shape index (κ1) is 13.5. The number of aromatic nitrogens is 3. The van der Waals surface area contributed by atoms with Gasteiger partial charge in [0.15, 0.2) is 0 Å². The van der Waals surface area contributed by atoms with Gasteiger partial charge in [0.2, 0.25) is 15.0 Å². The lowest BCUT2D eigenvalue weighted by atomic mass is 10.3. The van der Waals surface area contributed by atoms with Crippen LogP contribution < -0.4 is 4.74 Å².